The van der Waals surface area contributed by atoms with Crippen molar-refractivity contribution in [1.82, 2.24) is 0 Å². The number of ether oxygens (including phenoxy) is 1. The van der Waals surface area contributed by atoms with Crippen LogP contribution < -0.4 is 15.0 Å². The Morgan fingerprint density at radius 1 is 1.10 bits per heavy atom. The third-order valence-corrected chi connectivity index (χ3v) is 4.43. The Balaban J connectivity index is 2.22. The maximum Gasteiger partial charge on any atom is 0.119 e. The lowest BCUT2D eigenvalue weighted by molar-refractivity contribution is 0.414. The van der Waals surface area contributed by atoms with E-state index in [0.717, 1.165) is 38.2 Å². The number of methoxy groups -OCH3 is 1. The van der Waals surface area contributed by atoms with Gasteiger partial charge in [-0.3, -0.25) is 0 Å². The summed E-state index contributed by atoms with van der Waals surface area (Å²) in [5, 5.41) is 3.49. The molecule has 0 aliphatic rings. The molecule has 0 bridgehead atoms. The molecule has 3 nitrogen and oxygen atoms in total. The molecule has 2 rings (SSSR count). The summed E-state index contributed by atoms with van der Waals surface area (Å²) in [6.45, 7) is 0.717. The molecular formula is C16H18Br2N2O. The molecule has 0 heterocycles. The monoisotopic (exact) mass is 412 g/mol. The molecule has 0 fully saturated rings. The molecule has 0 aromatic heterocycles. The Kier molecular flexibility index (Phi) is 5.53. The lowest BCUT2D eigenvalue weighted by atomic mass is 10.2. The second-order valence-electron chi connectivity index (χ2n) is 4.87. The predicted octanol–water partition coefficient (Wildman–Crippen LogP) is 4.90. The molecule has 0 spiro atoms. The van der Waals surface area contributed by atoms with Gasteiger partial charge >= 0.3 is 0 Å². The Bertz CT molecular complexity index is 630. The average Bonchev–Trinajstić information content (AvgIpc) is 2.46. The van der Waals surface area contributed by atoms with E-state index >= 15 is 0 Å². The van der Waals surface area contributed by atoms with Gasteiger partial charge in [0.25, 0.3) is 0 Å². The summed E-state index contributed by atoms with van der Waals surface area (Å²) < 4.78 is 7.40. The van der Waals surface area contributed by atoms with Crippen LogP contribution in [-0.2, 0) is 6.54 Å². The molecule has 0 saturated heterocycles. The summed E-state index contributed by atoms with van der Waals surface area (Å²) in [4.78, 5) is 2.09. The van der Waals surface area contributed by atoms with Crippen molar-refractivity contribution in [2.24, 2.45) is 0 Å². The zero-order valence-electron chi connectivity index (χ0n) is 12.3. The van der Waals surface area contributed by atoms with Crippen LogP contribution in [0.5, 0.6) is 5.75 Å². The van der Waals surface area contributed by atoms with Crippen LogP contribution in [0.25, 0.3) is 0 Å². The Labute approximate surface area is 142 Å². The second kappa shape index (κ2) is 7.18. The van der Waals surface area contributed by atoms with Crippen LogP contribution in [0.3, 0.4) is 0 Å². The smallest absolute Gasteiger partial charge is 0.119 e. The quantitative estimate of drug-likeness (QED) is 0.754. The van der Waals surface area contributed by atoms with E-state index in [1.165, 1.54) is 0 Å². The van der Waals surface area contributed by atoms with Crippen LogP contribution in [0.2, 0.25) is 0 Å². The highest BCUT2D eigenvalue weighted by Gasteiger charge is 2.07. The summed E-state index contributed by atoms with van der Waals surface area (Å²) in [6, 6.07) is 12.2. The first-order valence-corrected chi connectivity index (χ1v) is 8.13. The molecule has 2 aromatic rings. The average molecular weight is 414 g/mol. The zero-order valence-corrected chi connectivity index (χ0v) is 15.5. The van der Waals surface area contributed by atoms with Gasteiger partial charge in [-0.1, -0.05) is 31.9 Å². The summed E-state index contributed by atoms with van der Waals surface area (Å²) in [6.07, 6.45) is 0. The minimum atomic E-state index is 0.717. The highest BCUT2D eigenvalue weighted by Crippen LogP contribution is 2.30. The zero-order chi connectivity index (χ0) is 15.4. The molecule has 5 heteroatoms. The third kappa shape index (κ3) is 4.14. The second-order valence-corrected chi connectivity index (χ2v) is 6.64. The number of rotatable bonds is 5. The van der Waals surface area contributed by atoms with Gasteiger partial charge in [0, 0.05) is 29.6 Å². The van der Waals surface area contributed by atoms with Gasteiger partial charge in [-0.2, -0.15) is 0 Å². The van der Waals surface area contributed by atoms with Crippen LogP contribution in [0.4, 0.5) is 11.4 Å². The van der Waals surface area contributed by atoms with Crippen molar-refractivity contribution in [3.63, 3.8) is 0 Å². The molecule has 0 unspecified atom stereocenters. The SMILES string of the molecule is COc1ccc(Br)c(CNc2cc(Br)ccc2N(C)C)c1. The third-order valence-electron chi connectivity index (χ3n) is 3.16. The number of nitrogens with zero attached hydrogens (tertiary/aromatic N) is 1. The molecule has 0 aliphatic carbocycles. The van der Waals surface area contributed by atoms with E-state index in [1.807, 2.05) is 38.4 Å². The summed E-state index contributed by atoms with van der Waals surface area (Å²) in [5.41, 5.74) is 3.39. The van der Waals surface area contributed by atoms with Crippen molar-refractivity contribution in [1.29, 1.82) is 0 Å². The topological polar surface area (TPSA) is 24.5 Å². The van der Waals surface area contributed by atoms with Gasteiger partial charge in [-0.05, 0) is 42.0 Å². The van der Waals surface area contributed by atoms with Crippen LogP contribution in [-0.4, -0.2) is 21.2 Å². The number of hydrogen-bond acceptors (Lipinski definition) is 3. The standard InChI is InChI=1S/C16H18Br2N2O/c1-20(2)16-7-4-12(17)9-15(16)19-10-11-8-13(21-3)5-6-14(11)18/h4-9,19H,10H2,1-3H3. The minimum absolute atomic E-state index is 0.717. The fourth-order valence-electron chi connectivity index (χ4n) is 2.04. The maximum absolute atomic E-state index is 5.28. The normalized spacial score (nSPS) is 10.3. The van der Waals surface area contributed by atoms with Crippen molar-refractivity contribution in [2.45, 2.75) is 6.54 Å². The van der Waals surface area contributed by atoms with E-state index in [2.05, 4.69) is 54.2 Å². The van der Waals surface area contributed by atoms with E-state index in [-0.39, 0.29) is 0 Å². The molecule has 0 saturated carbocycles. The predicted molar refractivity (Wildman–Crippen MR) is 96.5 cm³/mol. The lowest BCUT2D eigenvalue weighted by Gasteiger charge is -2.19. The van der Waals surface area contributed by atoms with E-state index in [0.29, 0.717) is 0 Å². The van der Waals surface area contributed by atoms with Crippen molar-refractivity contribution in [2.75, 3.05) is 31.4 Å². The first-order valence-electron chi connectivity index (χ1n) is 6.54. The lowest BCUT2D eigenvalue weighted by Crippen LogP contribution is -2.12. The van der Waals surface area contributed by atoms with E-state index in [9.17, 15) is 0 Å². The fourth-order valence-corrected chi connectivity index (χ4v) is 2.79. The number of anilines is 2. The van der Waals surface area contributed by atoms with Crippen molar-refractivity contribution < 1.29 is 4.74 Å². The molecule has 112 valence electrons. The van der Waals surface area contributed by atoms with Gasteiger partial charge in [-0.25, -0.2) is 0 Å². The first-order chi connectivity index (χ1) is 10.0. The van der Waals surface area contributed by atoms with Gasteiger partial charge < -0.3 is 15.0 Å². The molecule has 0 radical (unpaired) electrons. The molecule has 0 aliphatic heterocycles. The van der Waals surface area contributed by atoms with Gasteiger partial charge in [0.05, 0.1) is 18.5 Å². The van der Waals surface area contributed by atoms with Crippen molar-refractivity contribution in [3.8, 4) is 5.75 Å². The Hall–Kier alpha value is -1.20. The van der Waals surface area contributed by atoms with Gasteiger partial charge in [0.1, 0.15) is 5.75 Å². The molecule has 0 atom stereocenters. The molecular weight excluding hydrogens is 396 g/mol. The summed E-state index contributed by atoms with van der Waals surface area (Å²) in [7, 11) is 5.75. The number of hydrogen-bond donors (Lipinski definition) is 1. The Morgan fingerprint density at radius 3 is 2.52 bits per heavy atom. The highest BCUT2D eigenvalue weighted by atomic mass is 79.9. The van der Waals surface area contributed by atoms with E-state index in [1.54, 1.807) is 7.11 Å². The summed E-state index contributed by atoms with van der Waals surface area (Å²) >= 11 is 7.10. The van der Waals surface area contributed by atoms with E-state index < -0.39 is 0 Å². The summed E-state index contributed by atoms with van der Waals surface area (Å²) in [5.74, 6) is 0.858. The van der Waals surface area contributed by atoms with E-state index in [4.69, 9.17) is 4.74 Å². The van der Waals surface area contributed by atoms with Gasteiger partial charge in [0.2, 0.25) is 0 Å². The first kappa shape index (κ1) is 16.2. The number of nitrogens with one attached hydrogen (secondary N) is 1. The molecule has 0 amide bonds. The van der Waals surface area contributed by atoms with Crippen LogP contribution >= 0.6 is 31.9 Å². The number of halogens is 2. The molecule has 21 heavy (non-hydrogen) atoms. The largest absolute Gasteiger partial charge is 0.497 e. The van der Waals surface area contributed by atoms with Crippen LogP contribution in [0, 0.1) is 0 Å². The van der Waals surface area contributed by atoms with Gasteiger partial charge in [0.15, 0.2) is 0 Å². The van der Waals surface area contributed by atoms with Crippen LogP contribution in [0.1, 0.15) is 5.56 Å². The Morgan fingerprint density at radius 2 is 1.86 bits per heavy atom. The molecule has 1 N–H and O–H groups in total. The minimum Gasteiger partial charge on any atom is -0.497 e. The van der Waals surface area contributed by atoms with Crippen molar-refractivity contribution >= 4 is 43.2 Å². The maximum atomic E-state index is 5.28. The molecule has 2 aromatic carbocycles. The number of benzene rings is 2. The van der Waals surface area contributed by atoms with Crippen LogP contribution in [0.15, 0.2) is 45.3 Å². The van der Waals surface area contributed by atoms with Crippen molar-refractivity contribution in [3.05, 3.63) is 50.9 Å². The highest BCUT2D eigenvalue weighted by molar-refractivity contribution is 9.10. The van der Waals surface area contributed by atoms with Gasteiger partial charge in [-0.15, -0.1) is 0 Å². The fraction of sp³-hybridized carbons (Fsp3) is 0.250.